The Labute approximate surface area is 157 Å². The van der Waals surface area contributed by atoms with Gasteiger partial charge in [0, 0.05) is 17.5 Å². The van der Waals surface area contributed by atoms with E-state index in [2.05, 4.69) is 4.99 Å². The third-order valence-electron chi connectivity index (χ3n) is 4.94. The number of rotatable bonds is 2. The number of hydrogen-bond donors (Lipinski definition) is 0. The number of likely N-dealkylation sites (N-methyl/N-ethyl adjacent to an activating group) is 1. The molecule has 0 radical (unpaired) electrons. The van der Waals surface area contributed by atoms with Crippen LogP contribution in [0, 0.1) is 6.92 Å². The molecule has 1 fully saturated rings. The fourth-order valence-corrected chi connectivity index (χ4v) is 3.40. The largest absolute Gasteiger partial charge is 0.506 e. The summed E-state index contributed by atoms with van der Waals surface area (Å²) in [6.45, 7) is 8.32. The first kappa shape index (κ1) is 17.5. The van der Waals surface area contributed by atoms with Gasteiger partial charge in [0.25, 0.3) is 17.8 Å². The lowest BCUT2D eigenvalue weighted by Gasteiger charge is -2.32. The van der Waals surface area contributed by atoms with Crippen molar-refractivity contribution in [3.63, 3.8) is 0 Å². The Hall–Kier alpha value is -2.96. The fourth-order valence-electron chi connectivity index (χ4n) is 3.40. The van der Waals surface area contributed by atoms with Crippen LogP contribution in [0.3, 0.4) is 0 Å². The van der Waals surface area contributed by atoms with Gasteiger partial charge >= 0.3 is 12.0 Å². The Bertz CT molecular complexity index is 983. The molecule has 0 N–H and O–H groups in total. The van der Waals surface area contributed by atoms with Crippen molar-refractivity contribution in [2.45, 2.75) is 45.7 Å². The number of amides is 3. The van der Waals surface area contributed by atoms with Gasteiger partial charge in [-0.25, -0.2) is 4.79 Å². The number of urea groups is 1. The number of hydrogen-bond acceptors (Lipinski definition) is 4. The first-order chi connectivity index (χ1) is 12.7. The molecule has 7 heteroatoms. The van der Waals surface area contributed by atoms with Crippen molar-refractivity contribution >= 4 is 23.8 Å². The van der Waals surface area contributed by atoms with Gasteiger partial charge in [-0.15, -0.1) is 0 Å². The summed E-state index contributed by atoms with van der Waals surface area (Å²) in [5.41, 5.74) is 1.80. The average molecular weight is 367 g/mol. The Kier molecular flexibility index (Phi) is 3.73. The maximum absolute atomic E-state index is 13.2. The van der Waals surface area contributed by atoms with Crippen LogP contribution < -0.4 is 4.57 Å². The van der Waals surface area contributed by atoms with Gasteiger partial charge in [-0.3, -0.25) is 14.6 Å². The van der Waals surface area contributed by atoms with E-state index in [1.54, 1.807) is 11.6 Å². The summed E-state index contributed by atoms with van der Waals surface area (Å²) in [4.78, 5) is 33.1. The molecule has 2 aliphatic heterocycles. The van der Waals surface area contributed by atoms with E-state index in [9.17, 15) is 9.59 Å². The third kappa shape index (κ3) is 2.74. The van der Waals surface area contributed by atoms with Gasteiger partial charge < -0.3 is 4.42 Å². The first-order valence-electron chi connectivity index (χ1n) is 8.95. The van der Waals surface area contributed by atoms with E-state index < -0.39 is 6.04 Å². The summed E-state index contributed by atoms with van der Waals surface area (Å²) in [6, 6.07) is 7.11. The highest BCUT2D eigenvalue weighted by molar-refractivity contribution is 6.18. The van der Waals surface area contributed by atoms with Crippen LogP contribution in [0.2, 0.25) is 0 Å². The second kappa shape index (κ2) is 5.77. The van der Waals surface area contributed by atoms with Crippen LogP contribution in [-0.2, 0) is 16.8 Å². The van der Waals surface area contributed by atoms with Crippen LogP contribution in [0.15, 0.2) is 39.9 Å². The Balaban J connectivity index is 1.71. The van der Waals surface area contributed by atoms with E-state index >= 15 is 0 Å². The lowest BCUT2D eigenvalue weighted by Crippen LogP contribution is -2.62. The van der Waals surface area contributed by atoms with E-state index in [1.807, 2.05) is 58.2 Å². The molecule has 2 aromatic rings. The molecule has 3 amide bonds. The predicted molar refractivity (Wildman–Crippen MR) is 98.6 cm³/mol. The molecule has 1 aromatic heterocycles. The van der Waals surface area contributed by atoms with Gasteiger partial charge in [0.1, 0.15) is 6.20 Å². The minimum absolute atomic E-state index is 0.201. The van der Waals surface area contributed by atoms with Gasteiger partial charge in [0.05, 0.1) is 6.54 Å². The number of benzene rings is 1. The van der Waals surface area contributed by atoms with Gasteiger partial charge in [0.15, 0.2) is 5.76 Å². The normalized spacial score (nSPS) is 19.3. The molecule has 3 heterocycles. The number of imide groups is 1. The van der Waals surface area contributed by atoms with E-state index in [1.165, 1.54) is 9.80 Å². The van der Waals surface area contributed by atoms with Gasteiger partial charge in [-0.05, 0) is 12.5 Å². The highest BCUT2D eigenvalue weighted by Gasteiger charge is 2.55. The summed E-state index contributed by atoms with van der Waals surface area (Å²) in [7, 11) is 1.64. The number of fused-ring (bicyclic) bond motifs is 3. The van der Waals surface area contributed by atoms with Crippen LogP contribution in [0.1, 0.15) is 43.7 Å². The molecule has 27 heavy (non-hydrogen) atoms. The number of carbonyl (C=O) groups is 2. The van der Waals surface area contributed by atoms with Gasteiger partial charge in [0.2, 0.25) is 0 Å². The molecule has 140 valence electrons. The second-order valence-corrected chi connectivity index (χ2v) is 8.16. The van der Waals surface area contributed by atoms with E-state index in [0.717, 1.165) is 16.9 Å². The van der Waals surface area contributed by atoms with Crippen LogP contribution in [0.25, 0.3) is 0 Å². The maximum Gasteiger partial charge on any atom is 0.506 e. The molecule has 7 nitrogen and oxygen atoms in total. The van der Waals surface area contributed by atoms with Crippen LogP contribution in [0.5, 0.6) is 0 Å². The minimum Gasteiger partial charge on any atom is -0.389 e. The van der Waals surface area contributed by atoms with E-state index in [4.69, 9.17) is 4.42 Å². The standard InChI is InChI=1S/C20H23N4O3/c1-12-7-6-8-13(9-12)10-24-17(25)15-16(22(5)19(24)26)21-18-23(15)11-14(27-18)20(2,3)4/h6-9,11,15H,10H2,1-5H3/q+1. The molecular weight excluding hydrogens is 344 g/mol. The molecule has 1 atom stereocenters. The van der Waals surface area contributed by atoms with E-state index in [-0.39, 0.29) is 23.9 Å². The molecule has 1 saturated heterocycles. The molecule has 2 aliphatic rings. The minimum atomic E-state index is -0.674. The number of carbonyl (C=O) groups excluding carboxylic acids is 2. The van der Waals surface area contributed by atoms with Crippen LogP contribution in [0.4, 0.5) is 10.8 Å². The van der Waals surface area contributed by atoms with Crippen molar-refractivity contribution in [3.8, 4) is 0 Å². The molecule has 0 saturated carbocycles. The molecule has 4 rings (SSSR count). The molecule has 0 bridgehead atoms. The fraction of sp³-hybridized carbons (Fsp3) is 0.400. The third-order valence-corrected chi connectivity index (χ3v) is 4.94. The first-order valence-corrected chi connectivity index (χ1v) is 8.95. The summed E-state index contributed by atoms with van der Waals surface area (Å²) in [5.74, 6) is 0.867. The zero-order valence-electron chi connectivity index (χ0n) is 16.2. The summed E-state index contributed by atoms with van der Waals surface area (Å²) < 4.78 is 7.58. The number of oxazole rings is 1. The predicted octanol–water partition coefficient (Wildman–Crippen LogP) is 2.85. The quantitative estimate of drug-likeness (QED) is 0.767. The Morgan fingerprint density at radius 1 is 1.26 bits per heavy atom. The van der Waals surface area contributed by atoms with Crippen molar-refractivity contribution in [1.82, 2.24) is 9.80 Å². The summed E-state index contributed by atoms with van der Waals surface area (Å²) in [5, 5.41) is 0. The monoisotopic (exact) mass is 367 g/mol. The smallest absolute Gasteiger partial charge is 0.389 e. The van der Waals surface area contributed by atoms with Crippen LogP contribution in [-0.4, -0.2) is 34.6 Å². The Morgan fingerprint density at radius 3 is 2.67 bits per heavy atom. The molecule has 0 aliphatic carbocycles. The number of aliphatic imine (C=N–C) groups is 1. The van der Waals surface area contributed by atoms with E-state index in [0.29, 0.717) is 11.9 Å². The van der Waals surface area contributed by atoms with Gasteiger partial charge in [-0.1, -0.05) is 50.6 Å². The lowest BCUT2D eigenvalue weighted by atomic mass is 9.94. The molecular formula is C20H23N4O3+. The molecule has 1 aromatic carbocycles. The Morgan fingerprint density at radius 2 is 2.00 bits per heavy atom. The van der Waals surface area contributed by atoms with Crippen molar-refractivity contribution in [2.75, 3.05) is 7.05 Å². The zero-order chi connectivity index (χ0) is 19.5. The number of aryl methyl sites for hydroxylation is 1. The van der Waals surface area contributed by atoms with Crippen molar-refractivity contribution in [3.05, 3.63) is 47.3 Å². The summed E-state index contributed by atoms with van der Waals surface area (Å²) >= 11 is 0. The SMILES string of the molecule is Cc1cccc(CN2C(=O)C3C(=Nc4oc(C(C)(C)C)c[n+]43)N(C)C2=O)c1. The summed E-state index contributed by atoms with van der Waals surface area (Å²) in [6.07, 6.45) is 1.82. The van der Waals surface area contributed by atoms with Crippen molar-refractivity contribution in [1.29, 1.82) is 0 Å². The zero-order valence-corrected chi connectivity index (χ0v) is 16.2. The highest BCUT2D eigenvalue weighted by atomic mass is 16.4. The second-order valence-electron chi connectivity index (χ2n) is 8.16. The number of amidine groups is 1. The number of aromatic nitrogens is 1. The van der Waals surface area contributed by atoms with Gasteiger partial charge in [-0.2, -0.15) is 4.57 Å². The average Bonchev–Trinajstić information content (AvgIpc) is 3.14. The van der Waals surface area contributed by atoms with Crippen molar-refractivity contribution < 1.29 is 18.6 Å². The number of nitrogens with zero attached hydrogens (tertiary/aromatic N) is 4. The van der Waals surface area contributed by atoms with Crippen LogP contribution >= 0.6 is 0 Å². The highest BCUT2D eigenvalue weighted by Crippen LogP contribution is 2.33. The maximum atomic E-state index is 13.2. The lowest BCUT2D eigenvalue weighted by molar-refractivity contribution is -0.679. The molecule has 1 unspecified atom stereocenters. The van der Waals surface area contributed by atoms with Crippen molar-refractivity contribution in [2.24, 2.45) is 4.99 Å². The molecule has 0 spiro atoms. The topological polar surface area (TPSA) is 70.0 Å².